The van der Waals surface area contributed by atoms with Crippen LogP contribution in [0.1, 0.15) is 23.2 Å². The Kier molecular flexibility index (Phi) is 8.16. The lowest BCUT2D eigenvalue weighted by atomic mass is 10.1. The molecule has 0 bridgehead atoms. The Labute approximate surface area is 166 Å². The van der Waals surface area contributed by atoms with Crippen LogP contribution >= 0.6 is 23.4 Å². The van der Waals surface area contributed by atoms with Gasteiger partial charge < -0.3 is 16.4 Å². The number of benzene rings is 2. The van der Waals surface area contributed by atoms with E-state index in [1.165, 1.54) is 0 Å². The van der Waals surface area contributed by atoms with Crippen molar-refractivity contribution in [1.29, 1.82) is 0 Å². The third-order valence-electron chi connectivity index (χ3n) is 3.51. The summed E-state index contributed by atoms with van der Waals surface area (Å²) in [5.74, 6) is -0.452. The Morgan fingerprint density at radius 3 is 2.41 bits per heavy atom. The third kappa shape index (κ3) is 7.32. The fourth-order valence-corrected chi connectivity index (χ4v) is 3.17. The van der Waals surface area contributed by atoms with Crippen LogP contribution in [-0.2, 0) is 9.59 Å². The lowest BCUT2D eigenvalue weighted by Gasteiger charge is -2.11. The largest absolute Gasteiger partial charge is 0.370 e. The number of carbonyl (C=O) groups is 3. The number of thioether (sulfide) groups is 1. The van der Waals surface area contributed by atoms with E-state index in [1.54, 1.807) is 48.2 Å². The van der Waals surface area contributed by atoms with Crippen LogP contribution in [0.15, 0.2) is 53.4 Å². The summed E-state index contributed by atoms with van der Waals surface area (Å²) in [6, 6.07) is 14.1. The zero-order valence-corrected chi connectivity index (χ0v) is 16.1. The van der Waals surface area contributed by atoms with Crippen LogP contribution < -0.4 is 16.4 Å². The maximum absolute atomic E-state index is 12.2. The number of primary amides is 1. The predicted molar refractivity (Wildman–Crippen MR) is 108 cm³/mol. The van der Waals surface area contributed by atoms with E-state index in [4.69, 9.17) is 17.3 Å². The minimum atomic E-state index is -0.491. The second-order valence-corrected chi connectivity index (χ2v) is 7.22. The highest BCUT2D eigenvalue weighted by Gasteiger charge is 2.13. The Hall–Kier alpha value is -2.51. The van der Waals surface area contributed by atoms with Crippen molar-refractivity contribution in [2.45, 2.75) is 17.7 Å². The molecule has 2 aromatic rings. The lowest BCUT2D eigenvalue weighted by Crippen LogP contribution is -2.28. The van der Waals surface area contributed by atoms with Gasteiger partial charge in [-0.3, -0.25) is 14.4 Å². The van der Waals surface area contributed by atoms with E-state index in [9.17, 15) is 14.4 Å². The number of halogens is 1. The number of hydrogen-bond acceptors (Lipinski definition) is 4. The van der Waals surface area contributed by atoms with Gasteiger partial charge in [0.1, 0.15) is 0 Å². The van der Waals surface area contributed by atoms with Gasteiger partial charge in [0.05, 0.1) is 11.3 Å². The van der Waals surface area contributed by atoms with Crippen molar-refractivity contribution >= 4 is 46.8 Å². The van der Waals surface area contributed by atoms with Crippen molar-refractivity contribution in [2.75, 3.05) is 17.6 Å². The molecule has 0 atom stereocenters. The first-order valence-electron chi connectivity index (χ1n) is 8.29. The molecule has 8 heteroatoms. The van der Waals surface area contributed by atoms with E-state index in [1.807, 2.05) is 12.1 Å². The molecule has 2 rings (SSSR count). The molecule has 0 aliphatic carbocycles. The number of amides is 3. The summed E-state index contributed by atoms with van der Waals surface area (Å²) in [4.78, 5) is 36.2. The zero-order chi connectivity index (χ0) is 19.6. The van der Waals surface area contributed by atoms with Crippen molar-refractivity contribution in [2.24, 2.45) is 5.73 Å². The molecule has 4 N–H and O–H groups in total. The van der Waals surface area contributed by atoms with Crippen LogP contribution in [0.4, 0.5) is 5.69 Å². The molecule has 2 aromatic carbocycles. The Morgan fingerprint density at radius 2 is 1.70 bits per heavy atom. The van der Waals surface area contributed by atoms with Crippen molar-refractivity contribution in [3.05, 3.63) is 59.1 Å². The molecule has 0 aliphatic rings. The SMILES string of the molecule is NC(=O)CCNC(=O)c1ccccc1NC(=O)CCSc1ccc(Cl)cc1. The smallest absolute Gasteiger partial charge is 0.253 e. The van der Waals surface area contributed by atoms with E-state index >= 15 is 0 Å². The molecule has 0 radical (unpaired) electrons. The number of nitrogens with two attached hydrogens (primary N) is 1. The number of rotatable bonds is 9. The van der Waals surface area contributed by atoms with Gasteiger partial charge in [0, 0.05) is 35.1 Å². The van der Waals surface area contributed by atoms with Gasteiger partial charge in [-0.2, -0.15) is 0 Å². The molecule has 0 heterocycles. The molecule has 0 aliphatic heterocycles. The molecule has 27 heavy (non-hydrogen) atoms. The molecule has 0 saturated heterocycles. The van der Waals surface area contributed by atoms with Gasteiger partial charge in [-0.25, -0.2) is 0 Å². The fourth-order valence-electron chi connectivity index (χ4n) is 2.19. The summed E-state index contributed by atoms with van der Waals surface area (Å²) >= 11 is 7.39. The number of nitrogens with one attached hydrogen (secondary N) is 2. The van der Waals surface area contributed by atoms with Crippen LogP contribution in [0.3, 0.4) is 0 Å². The Morgan fingerprint density at radius 1 is 1.00 bits per heavy atom. The summed E-state index contributed by atoms with van der Waals surface area (Å²) in [7, 11) is 0. The van der Waals surface area contributed by atoms with Gasteiger partial charge in [-0.05, 0) is 36.4 Å². The van der Waals surface area contributed by atoms with E-state index in [0.717, 1.165) is 4.90 Å². The lowest BCUT2D eigenvalue weighted by molar-refractivity contribution is -0.118. The van der Waals surface area contributed by atoms with Gasteiger partial charge >= 0.3 is 0 Å². The van der Waals surface area contributed by atoms with E-state index in [-0.39, 0.29) is 24.8 Å². The van der Waals surface area contributed by atoms with Gasteiger partial charge in [0.25, 0.3) is 5.91 Å². The van der Waals surface area contributed by atoms with Crippen molar-refractivity contribution < 1.29 is 14.4 Å². The number of carbonyl (C=O) groups excluding carboxylic acids is 3. The Balaban J connectivity index is 1.86. The first kappa shape index (κ1) is 20.8. The summed E-state index contributed by atoms with van der Waals surface area (Å²) in [6.45, 7) is 0.147. The fraction of sp³-hybridized carbons (Fsp3) is 0.211. The first-order chi connectivity index (χ1) is 13.0. The molecule has 0 fully saturated rings. The van der Waals surface area contributed by atoms with Crippen LogP contribution in [0.25, 0.3) is 0 Å². The predicted octanol–water partition coefficient (Wildman–Crippen LogP) is 3.07. The standard InChI is InChI=1S/C19H20ClN3O3S/c20-13-5-7-14(8-6-13)27-12-10-18(25)23-16-4-2-1-3-15(16)19(26)22-11-9-17(21)24/h1-8H,9-12H2,(H2,21,24)(H,22,26)(H,23,25). The van der Waals surface area contributed by atoms with Crippen molar-refractivity contribution in [3.63, 3.8) is 0 Å². The third-order valence-corrected chi connectivity index (χ3v) is 4.78. The molecule has 3 amide bonds. The first-order valence-corrected chi connectivity index (χ1v) is 9.66. The van der Waals surface area contributed by atoms with Gasteiger partial charge in [0.15, 0.2) is 0 Å². The van der Waals surface area contributed by atoms with Crippen LogP contribution in [0.5, 0.6) is 0 Å². The van der Waals surface area contributed by atoms with Crippen LogP contribution in [0.2, 0.25) is 5.02 Å². The van der Waals surface area contributed by atoms with Gasteiger partial charge in [-0.1, -0.05) is 23.7 Å². The quantitative estimate of drug-likeness (QED) is 0.558. The molecular formula is C19H20ClN3O3S. The van der Waals surface area contributed by atoms with Gasteiger partial charge in [0.2, 0.25) is 11.8 Å². The molecule has 142 valence electrons. The molecule has 0 aromatic heterocycles. The molecule has 6 nitrogen and oxygen atoms in total. The highest BCUT2D eigenvalue weighted by atomic mass is 35.5. The molecule has 0 saturated carbocycles. The summed E-state index contributed by atoms with van der Waals surface area (Å²) in [5.41, 5.74) is 5.81. The van der Waals surface area contributed by atoms with Gasteiger partial charge in [-0.15, -0.1) is 11.8 Å². The minimum Gasteiger partial charge on any atom is -0.370 e. The highest BCUT2D eigenvalue weighted by molar-refractivity contribution is 7.99. The zero-order valence-electron chi connectivity index (χ0n) is 14.5. The van der Waals surface area contributed by atoms with Crippen molar-refractivity contribution in [3.8, 4) is 0 Å². The normalized spacial score (nSPS) is 10.3. The minimum absolute atomic E-state index is 0.0577. The summed E-state index contributed by atoms with van der Waals surface area (Å²) < 4.78 is 0. The average molecular weight is 406 g/mol. The Bertz CT molecular complexity index is 812. The monoisotopic (exact) mass is 405 g/mol. The molecule has 0 unspecified atom stereocenters. The highest BCUT2D eigenvalue weighted by Crippen LogP contribution is 2.21. The second kappa shape index (κ2) is 10.6. The van der Waals surface area contributed by atoms with Crippen LogP contribution in [-0.4, -0.2) is 30.0 Å². The van der Waals surface area contributed by atoms with E-state index in [0.29, 0.717) is 28.4 Å². The average Bonchev–Trinajstić information content (AvgIpc) is 2.63. The maximum Gasteiger partial charge on any atom is 0.253 e. The number of anilines is 1. The topological polar surface area (TPSA) is 101 Å². The molecular weight excluding hydrogens is 386 g/mol. The second-order valence-electron chi connectivity index (χ2n) is 5.62. The number of para-hydroxylation sites is 1. The maximum atomic E-state index is 12.2. The van der Waals surface area contributed by atoms with E-state index < -0.39 is 5.91 Å². The van der Waals surface area contributed by atoms with E-state index in [2.05, 4.69) is 10.6 Å². The molecule has 0 spiro atoms. The van der Waals surface area contributed by atoms with Crippen molar-refractivity contribution in [1.82, 2.24) is 5.32 Å². The summed E-state index contributed by atoms with van der Waals surface area (Å²) in [6.07, 6.45) is 0.354. The van der Waals surface area contributed by atoms with Crippen LogP contribution in [0, 0.1) is 0 Å². The number of hydrogen-bond donors (Lipinski definition) is 3. The summed E-state index contributed by atoms with van der Waals surface area (Å²) in [5, 5.41) is 6.04.